The van der Waals surface area contributed by atoms with Crippen LogP contribution in [0.4, 0.5) is 11.4 Å². The lowest BCUT2D eigenvalue weighted by atomic mass is 10.1. The zero-order chi connectivity index (χ0) is 21.5. The van der Waals surface area contributed by atoms with Crippen LogP contribution in [0.15, 0.2) is 63.8 Å². The monoisotopic (exact) mass is 411 g/mol. The lowest BCUT2D eigenvalue weighted by Crippen LogP contribution is -2.33. The average Bonchev–Trinajstić information content (AvgIpc) is 3.44. The number of amides is 2. The summed E-state index contributed by atoms with van der Waals surface area (Å²) < 4.78 is 15.6. The van der Waals surface area contributed by atoms with Crippen molar-refractivity contribution in [3.63, 3.8) is 0 Å². The summed E-state index contributed by atoms with van der Waals surface area (Å²) in [5, 5.41) is 2.83. The van der Waals surface area contributed by atoms with Gasteiger partial charge in [-0.25, -0.2) is 0 Å². The molecular formula is C22H25N3O5. The van der Waals surface area contributed by atoms with Crippen LogP contribution in [-0.2, 0) is 11.3 Å². The molecule has 8 nitrogen and oxygen atoms in total. The van der Waals surface area contributed by atoms with Crippen LogP contribution in [-0.4, -0.2) is 51.1 Å². The second kappa shape index (κ2) is 9.80. The molecule has 0 bridgehead atoms. The number of nitrogens with zero attached hydrogens (tertiary/aromatic N) is 2. The van der Waals surface area contributed by atoms with Crippen LogP contribution in [0.25, 0.3) is 0 Å². The third-order valence-electron chi connectivity index (χ3n) is 4.51. The number of nitrogens with one attached hydrogen (secondary N) is 1. The van der Waals surface area contributed by atoms with E-state index in [0.717, 1.165) is 11.3 Å². The lowest BCUT2D eigenvalue weighted by molar-refractivity contribution is 0.0649. The Balaban J connectivity index is 1.86. The molecule has 0 aliphatic carbocycles. The molecule has 8 heteroatoms. The minimum atomic E-state index is -0.341. The fourth-order valence-electron chi connectivity index (χ4n) is 3.04. The van der Waals surface area contributed by atoms with E-state index < -0.39 is 0 Å². The van der Waals surface area contributed by atoms with Gasteiger partial charge in [0.1, 0.15) is 0 Å². The number of hydrogen-bond acceptors (Lipinski definition) is 6. The van der Waals surface area contributed by atoms with Gasteiger partial charge in [-0.1, -0.05) is 0 Å². The van der Waals surface area contributed by atoms with Crippen molar-refractivity contribution >= 4 is 23.2 Å². The Hall–Kier alpha value is -3.52. The van der Waals surface area contributed by atoms with Crippen molar-refractivity contribution in [1.82, 2.24) is 4.90 Å². The van der Waals surface area contributed by atoms with Gasteiger partial charge >= 0.3 is 0 Å². The Morgan fingerprint density at radius 1 is 1.03 bits per heavy atom. The van der Waals surface area contributed by atoms with E-state index in [0.29, 0.717) is 25.4 Å². The molecular weight excluding hydrogens is 386 g/mol. The predicted octanol–water partition coefficient (Wildman–Crippen LogP) is 3.48. The van der Waals surface area contributed by atoms with Crippen molar-refractivity contribution in [2.24, 2.45) is 0 Å². The summed E-state index contributed by atoms with van der Waals surface area (Å²) >= 11 is 0. The first-order valence-corrected chi connectivity index (χ1v) is 9.46. The number of ether oxygens (including phenoxy) is 1. The minimum absolute atomic E-state index is 0.225. The van der Waals surface area contributed by atoms with Crippen molar-refractivity contribution in [2.45, 2.75) is 6.54 Å². The van der Waals surface area contributed by atoms with E-state index in [-0.39, 0.29) is 23.3 Å². The SMILES string of the molecule is COCCN(Cc1cc(NC(=O)c2ccco2)ccc1N(C)C)C(=O)c1ccco1. The fourth-order valence-corrected chi connectivity index (χ4v) is 3.04. The van der Waals surface area contributed by atoms with Gasteiger partial charge in [0, 0.05) is 45.7 Å². The van der Waals surface area contributed by atoms with Crippen molar-refractivity contribution in [3.8, 4) is 0 Å². The Bertz CT molecular complexity index is 965. The van der Waals surface area contributed by atoms with Crippen LogP contribution in [0.5, 0.6) is 0 Å². The number of hydrogen-bond donors (Lipinski definition) is 1. The number of carbonyl (C=O) groups is 2. The highest BCUT2D eigenvalue weighted by Gasteiger charge is 2.21. The van der Waals surface area contributed by atoms with Crippen LogP contribution in [0.3, 0.4) is 0 Å². The molecule has 30 heavy (non-hydrogen) atoms. The van der Waals surface area contributed by atoms with E-state index in [1.54, 1.807) is 36.3 Å². The van der Waals surface area contributed by atoms with E-state index in [1.165, 1.54) is 12.5 Å². The molecule has 0 fully saturated rings. The predicted molar refractivity (Wildman–Crippen MR) is 113 cm³/mol. The summed E-state index contributed by atoms with van der Waals surface area (Å²) in [6.07, 6.45) is 2.92. The highest BCUT2D eigenvalue weighted by atomic mass is 16.5. The number of benzene rings is 1. The van der Waals surface area contributed by atoms with Crippen molar-refractivity contribution < 1.29 is 23.2 Å². The molecule has 0 aliphatic rings. The average molecular weight is 411 g/mol. The van der Waals surface area contributed by atoms with E-state index >= 15 is 0 Å². The fraction of sp³-hybridized carbons (Fsp3) is 0.273. The van der Waals surface area contributed by atoms with E-state index in [4.69, 9.17) is 13.6 Å². The first-order valence-electron chi connectivity index (χ1n) is 9.46. The Kier molecular flexibility index (Phi) is 6.92. The zero-order valence-corrected chi connectivity index (χ0v) is 17.3. The van der Waals surface area contributed by atoms with Crippen molar-refractivity contribution in [1.29, 1.82) is 0 Å². The van der Waals surface area contributed by atoms with E-state index in [2.05, 4.69) is 5.32 Å². The Morgan fingerprint density at radius 2 is 1.73 bits per heavy atom. The second-order valence-electron chi connectivity index (χ2n) is 6.87. The Labute approximate surface area is 175 Å². The molecule has 2 aromatic heterocycles. The molecule has 0 saturated carbocycles. The standard InChI is InChI=1S/C22H25N3O5/c1-24(2)18-9-8-17(23-21(26)19-6-4-11-29-19)14-16(18)15-25(10-13-28-3)22(27)20-7-5-12-30-20/h4-9,11-12,14H,10,13,15H2,1-3H3,(H,23,26). The van der Waals surface area contributed by atoms with E-state index in [1.807, 2.05) is 37.2 Å². The van der Waals surface area contributed by atoms with Crippen LogP contribution in [0, 0.1) is 0 Å². The van der Waals surface area contributed by atoms with Crippen LogP contribution in [0.1, 0.15) is 26.7 Å². The molecule has 158 valence electrons. The minimum Gasteiger partial charge on any atom is -0.459 e. The molecule has 3 aromatic rings. The smallest absolute Gasteiger partial charge is 0.291 e. The van der Waals surface area contributed by atoms with Gasteiger partial charge in [0.2, 0.25) is 0 Å². The summed E-state index contributed by atoms with van der Waals surface area (Å²) in [6, 6.07) is 12.1. The molecule has 1 N–H and O–H groups in total. The number of rotatable bonds is 9. The van der Waals surface area contributed by atoms with Crippen LogP contribution in [0.2, 0.25) is 0 Å². The highest BCUT2D eigenvalue weighted by Crippen LogP contribution is 2.25. The molecule has 2 amide bonds. The van der Waals surface area contributed by atoms with E-state index in [9.17, 15) is 9.59 Å². The molecule has 0 spiro atoms. The zero-order valence-electron chi connectivity index (χ0n) is 17.3. The van der Waals surface area contributed by atoms with Gasteiger partial charge in [-0.2, -0.15) is 0 Å². The molecule has 0 saturated heterocycles. The van der Waals surface area contributed by atoms with Crippen LogP contribution < -0.4 is 10.2 Å². The molecule has 0 atom stereocenters. The van der Waals surface area contributed by atoms with Gasteiger partial charge in [-0.15, -0.1) is 0 Å². The maximum absolute atomic E-state index is 12.9. The van der Waals surface area contributed by atoms with Gasteiger partial charge in [-0.3, -0.25) is 9.59 Å². The number of carbonyl (C=O) groups excluding carboxylic acids is 2. The molecule has 0 radical (unpaired) electrons. The van der Waals surface area contributed by atoms with Gasteiger partial charge in [-0.05, 0) is 48.0 Å². The topological polar surface area (TPSA) is 88.2 Å². The van der Waals surface area contributed by atoms with Gasteiger partial charge in [0.05, 0.1) is 19.1 Å². The molecule has 0 aliphatic heterocycles. The van der Waals surface area contributed by atoms with Crippen molar-refractivity contribution in [2.75, 3.05) is 44.6 Å². The Morgan fingerprint density at radius 3 is 2.33 bits per heavy atom. The third-order valence-corrected chi connectivity index (χ3v) is 4.51. The summed E-state index contributed by atoms with van der Waals surface area (Å²) in [5.41, 5.74) is 2.41. The largest absolute Gasteiger partial charge is 0.459 e. The maximum atomic E-state index is 12.9. The number of methoxy groups -OCH3 is 1. The number of furan rings is 2. The normalized spacial score (nSPS) is 10.6. The molecule has 3 rings (SSSR count). The first kappa shape index (κ1) is 21.2. The lowest BCUT2D eigenvalue weighted by Gasteiger charge is -2.25. The van der Waals surface area contributed by atoms with Gasteiger partial charge < -0.3 is 28.7 Å². The first-order chi connectivity index (χ1) is 14.5. The number of anilines is 2. The molecule has 0 unspecified atom stereocenters. The summed E-state index contributed by atoms with van der Waals surface area (Å²) in [5.74, 6) is -0.0824. The van der Waals surface area contributed by atoms with Gasteiger partial charge in [0.25, 0.3) is 11.8 Å². The molecule has 2 heterocycles. The van der Waals surface area contributed by atoms with Crippen molar-refractivity contribution in [3.05, 3.63) is 72.1 Å². The quantitative estimate of drug-likeness (QED) is 0.580. The van der Waals surface area contributed by atoms with Crippen LogP contribution >= 0.6 is 0 Å². The van der Waals surface area contributed by atoms with Gasteiger partial charge in [0.15, 0.2) is 11.5 Å². The molecule has 1 aromatic carbocycles. The summed E-state index contributed by atoms with van der Waals surface area (Å²) in [6.45, 7) is 1.10. The maximum Gasteiger partial charge on any atom is 0.291 e. The summed E-state index contributed by atoms with van der Waals surface area (Å²) in [7, 11) is 5.44. The summed E-state index contributed by atoms with van der Waals surface area (Å²) in [4.78, 5) is 28.8. The third kappa shape index (κ3) is 5.09. The second-order valence-corrected chi connectivity index (χ2v) is 6.87. The highest BCUT2D eigenvalue weighted by molar-refractivity contribution is 6.02.